The van der Waals surface area contributed by atoms with Crippen molar-refractivity contribution in [2.24, 2.45) is 0 Å². The molecule has 3 aromatic carbocycles. The molecule has 0 atom stereocenters. The minimum absolute atomic E-state index is 0.356. The van der Waals surface area contributed by atoms with E-state index in [0.29, 0.717) is 26.9 Å². The van der Waals surface area contributed by atoms with Crippen molar-refractivity contribution in [2.75, 3.05) is 14.2 Å². The molecule has 6 nitrogen and oxygen atoms in total. The summed E-state index contributed by atoms with van der Waals surface area (Å²) in [5.41, 5.74) is 4.16. The highest BCUT2D eigenvalue weighted by Gasteiger charge is 2.19. The van der Waals surface area contributed by atoms with E-state index in [2.05, 4.69) is 0 Å². The smallest absolute Gasteiger partial charge is 0.277 e. The molecule has 1 heterocycles. The van der Waals surface area contributed by atoms with Gasteiger partial charge < -0.3 is 4.74 Å². The average molecular weight is 434 g/mol. The van der Waals surface area contributed by atoms with Crippen LogP contribution in [0.4, 0.5) is 0 Å². The summed E-state index contributed by atoms with van der Waals surface area (Å²) in [6.07, 6.45) is 0. The van der Waals surface area contributed by atoms with Crippen molar-refractivity contribution in [1.29, 1.82) is 0 Å². The molecule has 4 rings (SSSR count). The van der Waals surface area contributed by atoms with Gasteiger partial charge in [0.2, 0.25) is 0 Å². The van der Waals surface area contributed by atoms with Gasteiger partial charge in [-0.15, -0.1) is 0 Å². The number of hydrogen-bond donors (Lipinski definition) is 1. The molecule has 0 saturated heterocycles. The summed E-state index contributed by atoms with van der Waals surface area (Å²) >= 11 is 6.07. The van der Waals surface area contributed by atoms with Gasteiger partial charge in [0.15, 0.2) is 0 Å². The first-order valence-corrected chi connectivity index (χ1v) is 9.92. The van der Waals surface area contributed by atoms with E-state index in [0.717, 1.165) is 22.7 Å². The van der Waals surface area contributed by atoms with Crippen molar-refractivity contribution in [3.8, 4) is 34.0 Å². The van der Waals surface area contributed by atoms with Crippen LogP contribution in [-0.4, -0.2) is 40.1 Å². The summed E-state index contributed by atoms with van der Waals surface area (Å²) in [7, 11) is 2.92. The number of carbonyl (C=O) groups excluding carboxylic acids is 1. The van der Waals surface area contributed by atoms with E-state index in [1.165, 1.54) is 7.05 Å². The molecule has 1 N–H and O–H groups in total. The van der Waals surface area contributed by atoms with Crippen LogP contribution in [-0.2, 0) is 0 Å². The van der Waals surface area contributed by atoms with Crippen LogP contribution in [0.15, 0.2) is 78.9 Å². The minimum atomic E-state index is -0.511. The van der Waals surface area contributed by atoms with E-state index >= 15 is 0 Å². The number of nitrogens with zero attached hydrogens (tertiary/aromatic N) is 3. The third kappa shape index (κ3) is 4.17. The Morgan fingerprint density at radius 2 is 1.71 bits per heavy atom. The Balaban J connectivity index is 1.90. The third-order valence-corrected chi connectivity index (χ3v) is 5.15. The van der Waals surface area contributed by atoms with Crippen molar-refractivity contribution >= 4 is 17.5 Å². The van der Waals surface area contributed by atoms with Gasteiger partial charge in [-0.1, -0.05) is 41.9 Å². The van der Waals surface area contributed by atoms with Crippen LogP contribution < -0.4 is 4.74 Å². The molecular weight excluding hydrogens is 414 g/mol. The highest BCUT2D eigenvalue weighted by molar-refractivity contribution is 6.30. The number of aromatic nitrogens is 2. The molecule has 0 aliphatic carbocycles. The minimum Gasteiger partial charge on any atom is -0.497 e. The van der Waals surface area contributed by atoms with E-state index in [-0.39, 0.29) is 0 Å². The van der Waals surface area contributed by atoms with Gasteiger partial charge in [-0.25, -0.2) is 9.75 Å². The number of rotatable bonds is 5. The van der Waals surface area contributed by atoms with E-state index in [1.807, 2.05) is 71.4 Å². The molecule has 0 aliphatic heterocycles. The molecule has 0 bridgehead atoms. The van der Waals surface area contributed by atoms with Crippen LogP contribution in [0.5, 0.6) is 5.75 Å². The number of halogens is 1. The highest BCUT2D eigenvalue weighted by atomic mass is 35.5. The Bertz CT molecular complexity index is 1220. The van der Waals surface area contributed by atoms with Crippen molar-refractivity contribution in [1.82, 2.24) is 14.8 Å². The van der Waals surface area contributed by atoms with Crippen LogP contribution in [0.3, 0.4) is 0 Å². The first kappa shape index (κ1) is 20.7. The van der Waals surface area contributed by atoms with Gasteiger partial charge in [-0.05, 0) is 48.5 Å². The molecule has 0 fully saturated rings. The molecule has 4 aromatic rings. The number of hydroxylamine groups is 2. The highest BCUT2D eigenvalue weighted by Crippen LogP contribution is 2.31. The number of hydrogen-bond acceptors (Lipinski definition) is 4. The second kappa shape index (κ2) is 8.63. The second-order valence-corrected chi connectivity index (χ2v) is 7.34. The summed E-state index contributed by atoms with van der Waals surface area (Å²) in [5, 5.41) is 15.7. The zero-order valence-electron chi connectivity index (χ0n) is 17.0. The maximum atomic E-state index is 12.5. The largest absolute Gasteiger partial charge is 0.497 e. The zero-order chi connectivity index (χ0) is 22.0. The van der Waals surface area contributed by atoms with Crippen molar-refractivity contribution in [2.45, 2.75) is 0 Å². The van der Waals surface area contributed by atoms with Crippen LogP contribution in [0.25, 0.3) is 28.2 Å². The van der Waals surface area contributed by atoms with Crippen LogP contribution in [0.2, 0.25) is 5.02 Å². The van der Waals surface area contributed by atoms with E-state index in [9.17, 15) is 10.0 Å². The average Bonchev–Trinajstić information content (AvgIpc) is 3.24. The van der Waals surface area contributed by atoms with Gasteiger partial charge in [-0.2, -0.15) is 5.10 Å². The summed E-state index contributed by atoms with van der Waals surface area (Å²) in [5.74, 6) is 0.230. The molecule has 31 heavy (non-hydrogen) atoms. The number of amides is 1. The van der Waals surface area contributed by atoms with Crippen molar-refractivity contribution < 1.29 is 14.7 Å². The topological polar surface area (TPSA) is 67.6 Å². The van der Waals surface area contributed by atoms with E-state index in [1.54, 1.807) is 19.2 Å². The molecule has 0 spiro atoms. The fourth-order valence-corrected chi connectivity index (χ4v) is 3.45. The first-order valence-electron chi connectivity index (χ1n) is 9.54. The number of carbonyl (C=O) groups is 1. The molecule has 156 valence electrons. The molecule has 7 heteroatoms. The Labute approximate surface area is 184 Å². The Kier molecular flexibility index (Phi) is 5.75. The van der Waals surface area contributed by atoms with Crippen molar-refractivity contribution in [3.63, 3.8) is 0 Å². The Hall–Kier alpha value is -3.61. The van der Waals surface area contributed by atoms with Crippen LogP contribution >= 0.6 is 11.6 Å². The maximum absolute atomic E-state index is 12.5. The van der Waals surface area contributed by atoms with Gasteiger partial charge in [-0.3, -0.25) is 10.0 Å². The molecule has 1 aromatic heterocycles. The van der Waals surface area contributed by atoms with Gasteiger partial charge in [0.25, 0.3) is 5.91 Å². The third-order valence-electron chi connectivity index (χ3n) is 4.89. The molecule has 0 saturated carbocycles. The summed E-state index contributed by atoms with van der Waals surface area (Å²) in [4.78, 5) is 12.5. The van der Waals surface area contributed by atoms with Crippen molar-refractivity contribution in [3.05, 3.63) is 89.4 Å². The van der Waals surface area contributed by atoms with Gasteiger partial charge in [0, 0.05) is 23.2 Å². The van der Waals surface area contributed by atoms with E-state index < -0.39 is 5.91 Å². The fraction of sp³-hybridized carbons (Fsp3) is 0.0833. The second-order valence-electron chi connectivity index (χ2n) is 6.91. The maximum Gasteiger partial charge on any atom is 0.277 e. The molecule has 0 aliphatic rings. The number of benzene rings is 3. The molecule has 1 amide bonds. The van der Waals surface area contributed by atoms with Gasteiger partial charge in [0.1, 0.15) is 5.75 Å². The normalized spacial score (nSPS) is 10.7. The lowest BCUT2D eigenvalue weighted by Crippen LogP contribution is -2.23. The van der Waals surface area contributed by atoms with Gasteiger partial charge in [0.05, 0.1) is 29.7 Å². The zero-order valence-corrected chi connectivity index (χ0v) is 17.7. The number of methoxy groups -OCH3 is 1. The molecule has 0 unspecified atom stereocenters. The monoisotopic (exact) mass is 433 g/mol. The quantitative estimate of drug-likeness (QED) is 0.341. The predicted octanol–water partition coefficient (Wildman–Crippen LogP) is 5.33. The number of ether oxygens (including phenoxy) is 1. The Morgan fingerprint density at radius 1 is 1.03 bits per heavy atom. The first-order chi connectivity index (χ1) is 15.0. The lowest BCUT2D eigenvalue weighted by molar-refractivity contribution is -0.0374. The standard InChI is InChI=1S/C24H20ClN3O3/c1-27(30)24(29)21-6-4-3-5-20(21)22-15-23(16-7-9-17(25)10-8-16)28(26-22)18-11-13-19(31-2)14-12-18/h3-15,30H,1-2H3. The lowest BCUT2D eigenvalue weighted by atomic mass is 10.0. The molecule has 0 radical (unpaired) electrons. The van der Waals surface area contributed by atoms with Crippen LogP contribution in [0.1, 0.15) is 10.4 Å². The van der Waals surface area contributed by atoms with Crippen LogP contribution in [0, 0.1) is 0 Å². The predicted molar refractivity (Wildman–Crippen MR) is 120 cm³/mol. The lowest BCUT2D eigenvalue weighted by Gasteiger charge is -2.11. The fourth-order valence-electron chi connectivity index (χ4n) is 3.33. The Morgan fingerprint density at radius 3 is 2.35 bits per heavy atom. The molecular formula is C24H20ClN3O3. The summed E-state index contributed by atoms with van der Waals surface area (Å²) in [6, 6.07) is 24.0. The summed E-state index contributed by atoms with van der Waals surface area (Å²) < 4.78 is 7.07. The summed E-state index contributed by atoms with van der Waals surface area (Å²) in [6.45, 7) is 0. The SMILES string of the molecule is COc1ccc(-n2nc(-c3ccccc3C(=O)N(C)O)cc2-c2ccc(Cl)cc2)cc1. The van der Waals surface area contributed by atoms with Gasteiger partial charge >= 0.3 is 0 Å². The van der Waals surface area contributed by atoms with E-state index in [4.69, 9.17) is 21.4 Å².